The molecule has 0 aliphatic carbocycles. The van der Waals surface area contributed by atoms with Gasteiger partial charge in [-0.2, -0.15) is 0 Å². The van der Waals surface area contributed by atoms with Gasteiger partial charge < -0.3 is 14.2 Å². The van der Waals surface area contributed by atoms with Crippen molar-refractivity contribution in [2.75, 3.05) is 7.11 Å². The molecule has 0 bridgehead atoms. The fourth-order valence-corrected chi connectivity index (χ4v) is 6.65. The first-order valence-electron chi connectivity index (χ1n) is 13.7. The number of allylic oxidation sites excluding steroid dienone is 1. The Balaban J connectivity index is 1.62. The van der Waals surface area contributed by atoms with Gasteiger partial charge in [-0.25, -0.2) is 9.79 Å². The third-order valence-electron chi connectivity index (χ3n) is 6.87. The van der Waals surface area contributed by atoms with E-state index in [1.807, 2.05) is 24.3 Å². The Morgan fingerprint density at radius 2 is 1.76 bits per heavy atom. The van der Waals surface area contributed by atoms with Gasteiger partial charge in [0, 0.05) is 32.2 Å². The lowest BCUT2D eigenvalue weighted by molar-refractivity contribution is -0.384. The number of esters is 1. The van der Waals surface area contributed by atoms with Crippen LogP contribution in [0.15, 0.2) is 90.7 Å². The molecule has 1 aliphatic rings. The number of methoxy groups -OCH3 is 1. The predicted molar refractivity (Wildman–Crippen MR) is 177 cm³/mol. The van der Waals surface area contributed by atoms with Crippen molar-refractivity contribution in [2.24, 2.45) is 4.99 Å². The summed E-state index contributed by atoms with van der Waals surface area (Å²) in [4.78, 5) is 43.3. The summed E-state index contributed by atoms with van der Waals surface area (Å²) in [5, 5.41) is 11.0. The van der Waals surface area contributed by atoms with E-state index in [0.717, 1.165) is 14.5 Å². The van der Waals surface area contributed by atoms with Gasteiger partial charge >= 0.3 is 5.97 Å². The number of carbonyl (C=O) groups is 1. The molecule has 13 heteroatoms. The second-order valence-corrected chi connectivity index (χ2v) is 13.2. The molecule has 5 rings (SSSR count). The lowest BCUT2D eigenvalue weighted by atomic mass is 9.95. The number of nitro benzene ring substituents is 1. The molecule has 0 amide bonds. The molecule has 1 aromatic heterocycles. The number of benzene rings is 3. The van der Waals surface area contributed by atoms with Crippen molar-refractivity contribution in [1.29, 1.82) is 0 Å². The van der Waals surface area contributed by atoms with Crippen LogP contribution < -0.4 is 24.4 Å². The van der Waals surface area contributed by atoms with Crippen LogP contribution >= 0.6 is 43.2 Å². The molecular weight excluding hydrogens is 730 g/mol. The highest BCUT2D eigenvalue weighted by molar-refractivity contribution is 9.10. The molecule has 0 fully saturated rings. The monoisotopic (exact) mass is 755 g/mol. The number of thiazole rings is 1. The third-order valence-corrected chi connectivity index (χ3v) is 8.84. The number of carbonyl (C=O) groups excluding carboxylic acids is 1. The molecule has 4 aromatic rings. The first-order chi connectivity index (χ1) is 21.5. The van der Waals surface area contributed by atoms with Crippen molar-refractivity contribution in [2.45, 2.75) is 39.5 Å². The summed E-state index contributed by atoms with van der Waals surface area (Å²) < 4.78 is 20.7. The number of hydrogen-bond donors (Lipinski definition) is 0. The third kappa shape index (κ3) is 6.95. The zero-order valence-electron chi connectivity index (χ0n) is 24.6. The molecule has 0 saturated heterocycles. The number of fused-ring (bicyclic) bond motifs is 1. The van der Waals surface area contributed by atoms with Crippen LogP contribution in [0.25, 0.3) is 6.08 Å². The molecule has 0 radical (unpaired) electrons. The van der Waals surface area contributed by atoms with Crippen molar-refractivity contribution in [3.63, 3.8) is 0 Å². The van der Waals surface area contributed by atoms with Crippen molar-refractivity contribution >= 4 is 60.9 Å². The first kappa shape index (κ1) is 32.3. The summed E-state index contributed by atoms with van der Waals surface area (Å²) >= 11 is 8.21. The van der Waals surface area contributed by atoms with E-state index in [-0.39, 0.29) is 29.5 Å². The Kier molecular flexibility index (Phi) is 9.70. The molecule has 0 N–H and O–H groups in total. The topological polar surface area (TPSA) is 122 Å². The van der Waals surface area contributed by atoms with E-state index in [1.54, 1.807) is 51.1 Å². The summed E-state index contributed by atoms with van der Waals surface area (Å²) in [5.74, 6) is 0.433. The first-order valence-corrected chi connectivity index (χ1v) is 16.1. The summed E-state index contributed by atoms with van der Waals surface area (Å²) in [6.07, 6.45) is 1.34. The van der Waals surface area contributed by atoms with E-state index in [4.69, 9.17) is 14.2 Å². The average molecular weight is 757 g/mol. The zero-order valence-corrected chi connectivity index (χ0v) is 28.6. The Morgan fingerprint density at radius 3 is 2.40 bits per heavy atom. The Bertz CT molecular complexity index is 2020. The number of hydrogen-bond acceptors (Lipinski definition) is 9. The largest absolute Gasteiger partial charge is 0.496 e. The molecule has 232 valence electrons. The second kappa shape index (κ2) is 13.5. The van der Waals surface area contributed by atoms with Crippen LogP contribution in [0, 0.1) is 10.1 Å². The average Bonchev–Trinajstić information content (AvgIpc) is 3.29. The number of nitro groups is 1. The summed E-state index contributed by atoms with van der Waals surface area (Å²) in [5.41, 5.74) is 2.29. The molecule has 2 heterocycles. The number of non-ortho nitro benzene ring substituents is 1. The van der Waals surface area contributed by atoms with Gasteiger partial charge in [0.15, 0.2) is 4.80 Å². The van der Waals surface area contributed by atoms with Crippen LogP contribution in [0.1, 0.15) is 43.5 Å². The van der Waals surface area contributed by atoms with Gasteiger partial charge in [-0.15, -0.1) is 0 Å². The van der Waals surface area contributed by atoms with Crippen LogP contribution in [-0.2, 0) is 16.1 Å². The minimum absolute atomic E-state index is 0.00639. The van der Waals surface area contributed by atoms with E-state index in [2.05, 4.69) is 36.9 Å². The number of aromatic nitrogens is 1. The molecule has 3 aromatic carbocycles. The predicted octanol–water partition coefficient (Wildman–Crippen LogP) is 6.21. The number of ether oxygens (including phenoxy) is 3. The number of nitrogens with zero attached hydrogens (tertiary/aromatic N) is 3. The Hall–Kier alpha value is -4.07. The molecule has 1 atom stereocenters. The maximum atomic E-state index is 14.2. The molecule has 1 aliphatic heterocycles. The maximum Gasteiger partial charge on any atom is 0.338 e. The van der Waals surface area contributed by atoms with Gasteiger partial charge in [-0.05, 0) is 80.9 Å². The van der Waals surface area contributed by atoms with Gasteiger partial charge in [0.2, 0.25) is 0 Å². The van der Waals surface area contributed by atoms with Crippen LogP contribution in [0.5, 0.6) is 11.5 Å². The summed E-state index contributed by atoms with van der Waals surface area (Å²) in [6, 6.07) is 16.1. The van der Waals surface area contributed by atoms with E-state index < -0.39 is 16.9 Å². The molecule has 45 heavy (non-hydrogen) atoms. The lowest BCUT2D eigenvalue weighted by Gasteiger charge is -2.26. The van der Waals surface area contributed by atoms with E-state index in [1.165, 1.54) is 35.1 Å². The van der Waals surface area contributed by atoms with Crippen LogP contribution in [0.4, 0.5) is 5.69 Å². The standard InChI is InChI=1S/C32H27Br2N3O7S/c1-17(2)44-31(39)28-18(3)35-32-36(29(28)24-15-22(34)8-12-26(24)42-4)30(38)27(45-32)14-20-13-21(33)7-11-25(20)43-16-19-5-9-23(10-6-19)37(40)41/h5-15,17,29H,16H2,1-4H3/b27-14-/t29-/m0/s1. The highest BCUT2D eigenvalue weighted by atomic mass is 79.9. The van der Waals surface area contributed by atoms with Gasteiger partial charge in [-0.3, -0.25) is 19.5 Å². The summed E-state index contributed by atoms with van der Waals surface area (Å²) in [6.45, 7) is 5.41. The zero-order chi connectivity index (χ0) is 32.4. The van der Waals surface area contributed by atoms with Crippen LogP contribution in [0.3, 0.4) is 0 Å². The smallest absolute Gasteiger partial charge is 0.338 e. The van der Waals surface area contributed by atoms with Gasteiger partial charge in [0.1, 0.15) is 24.1 Å². The second-order valence-electron chi connectivity index (χ2n) is 10.3. The fourth-order valence-electron chi connectivity index (χ4n) is 4.85. The van der Waals surface area contributed by atoms with Gasteiger partial charge in [0.25, 0.3) is 11.2 Å². The van der Waals surface area contributed by atoms with Crippen molar-refractivity contribution < 1.29 is 23.9 Å². The van der Waals surface area contributed by atoms with E-state index >= 15 is 0 Å². The van der Waals surface area contributed by atoms with Crippen molar-refractivity contribution in [3.05, 3.63) is 127 Å². The number of halogens is 2. The van der Waals surface area contributed by atoms with Crippen LogP contribution in [-0.4, -0.2) is 28.7 Å². The van der Waals surface area contributed by atoms with E-state index in [9.17, 15) is 19.7 Å². The fraction of sp³-hybridized carbons (Fsp3) is 0.219. The van der Waals surface area contributed by atoms with Crippen molar-refractivity contribution in [3.8, 4) is 11.5 Å². The summed E-state index contributed by atoms with van der Waals surface area (Å²) in [7, 11) is 1.53. The molecule has 0 unspecified atom stereocenters. The lowest BCUT2D eigenvalue weighted by Crippen LogP contribution is -2.40. The number of rotatable bonds is 9. The quantitative estimate of drug-likeness (QED) is 0.113. The minimum atomic E-state index is -0.859. The van der Waals surface area contributed by atoms with Crippen LogP contribution in [0.2, 0.25) is 0 Å². The minimum Gasteiger partial charge on any atom is -0.496 e. The van der Waals surface area contributed by atoms with Gasteiger partial charge in [-0.1, -0.05) is 43.2 Å². The molecule has 0 spiro atoms. The molecular formula is C32H27Br2N3O7S. The highest BCUT2D eigenvalue weighted by Crippen LogP contribution is 2.37. The molecule has 0 saturated carbocycles. The maximum absolute atomic E-state index is 14.2. The Labute approximate surface area is 278 Å². The highest BCUT2D eigenvalue weighted by Gasteiger charge is 2.35. The van der Waals surface area contributed by atoms with Gasteiger partial charge in [0.05, 0.1) is 33.9 Å². The van der Waals surface area contributed by atoms with E-state index in [0.29, 0.717) is 37.7 Å². The molecule has 10 nitrogen and oxygen atoms in total. The Morgan fingerprint density at radius 1 is 1.09 bits per heavy atom. The normalized spacial score (nSPS) is 14.6. The SMILES string of the molecule is COc1ccc(Br)cc1[C@H]1C(C(=O)OC(C)C)=C(C)N=c2s/c(=C\c3cc(Br)ccc3OCc3ccc([N+](=O)[O-])cc3)c(=O)n21. The van der Waals surface area contributed by atoms with Crippen molar-refractivity contribution in [1.82, 2.24) is 4.57 Å².